The molecule has 2 atom stereocenters. The molecule has 0 bridgehead atoms. The van der Waals surface area contributed by atoms with Crippen LogP contribution in [-0.4, -0.2) is 23.0 Å². The molecule has 2 unspecified atom stereocenters. The second kappa shape index (κ2) is 5.30. The van der Waals surface area contributed by atoms with Crippen LogP contribution in [0.15, 0.2) is 18.2 Å². The van der Waals surface area contributed by atoms with Crippen molar-refractivity contribution in [2.75, 3.05) is 5.32 Å². The Balaban J connectivity index is 2.30. The van der Waals surface area contributed by atoms with Gasteiger partial charge in [0.2, 0.25) is 11.8 Å². The van der Waals surface area contributed by atoms with Crippen LogP contribution in [0.4, 0.5) is 5.69 Å². The molecule has 1 aliphatic rings. The van der Waals surface area contributed by atoms with Crippen molar-refractivity contribution < 1.29 is 14.7 Å². The minimum Gasteiger partial charge on any atom is -0.506 e. The lowest BCUT2D eigenvalue weighted by Gasteiger charge is -2.26. The Hall–Kier alpha value is -2.04. The zero-order chi connectivity index (χ0) is 14.0. The molecule has 1 aliphatic heterocycles. The number of aromatic hydroxyl groups is 1. The zero-order valence-corrected chi connectivity index (χ0v) is 11.1. The molecule has 19 heavy (non-hydrogen) atoms. The van der Waals surface area contributed by atoms with E-state index in [2.05, 4.69) is 10.6 Å². The van der Waals surface area contributed by atoms with E-state index in [9.17, 15) is 14.7 Å². The Morgan fingerprint density at radius 3 is 3.00 bits per heavy atom. The molecule has 0 aromatic heterocycles. The van der Waals surface area contributed by atoms with Crippen LogP contribution in [0.3, 0.4) is 0 Å². The maximum absolute atomic E-state index is 12.2. The summed E-state index contributed by atoms with van der Waals surface area (Å²) < 4.78 is 0. The third-order valence-corrected chi connectivity index (χ3v) is 3.42. The molecular formula is C14H18N2O3. The SMILES string of the molecule is CCC(C)NC(=O)C1CC(=O)Nc2c(O)cccc21. The van der Waals surface area contributed by atoms with Gasteiger partial charge in [-0.25, -0.2) is 0 Å². The molecule has 2 amide bonds. The van der Waals surface area contributed by atoms with E-state index in [-0.39, 0.29) is 30.0 Å². The maximum Gasteiger partial charge on any atom is 0.228 e. The van der Waals surface area contributed by atoms with Gasteiger partial charge < -0.3 is 15.7 Å². The number of hydrogen-bond acceptors (Lipinski definition) is 3. The molecule has 0 aliphatic carbocycles. The summed E-state index contributed by atoms with van der Waals surface area (Å²) in [6.07, 6.45) is 0.941. The second-order valence-corrected chi connectivity index (χ2v) is 4.86. The quantitative estimate of drug-likeness (QED) is 0.726. The number of phenolic OH excluding ortho intramolecular Hbond substituents is 1. The van der Waals surface area contributed by atoms with Crippen LogP contribution in [0.2, 0.25) is 0 Å². The molecule has 0 spiro atoms. The molecule has 0 radical (unpaired) electrons. The summed E-state index contributed by atoms with van der Waals surface area (Å²) in [6, 6.07) is 5.00. The number of benzene rings is 1. The van der Waals surface area contributed by atoms with Crippen LogP contribution in [0, 0.1) is 0 Å². The Kier molecular flexibility index (Phi) is 3.74. The molecule has 3 N–H and O–H groups in total. The first-order valence-electron chi connectivity index (χ1n) is 6.45. The number of anilines is 1. The maximum atomic E-state index is 12.2. The van der Waals surface area contributed by atoms with E-state index in [0.717, 1.165) is 6.42 Å². The predicted octanol–water partition coefficient (Wildman–Crippen LogP) is 1.73. The van der Waals surface area contributed by atoms with Crippen LogP contribution in [0.25, 0.3) is 0 Å². The van der Waals surface area contributed by atoms with Crippen molar-refractivity contribution in [2.45, 2.75) is 38.6 Å². The monoisotopic (exact) mass is 262 g/mol. The number of amides is 2. The van der Waals surface area contributed by atoms with Gasteiger partial charge in [-0.2, -0.15) is 0 Å². The summed E-state index contributed by atoms with van der Waals surface area (Å²) >= 11 is 0. The van der Waals surface area contributed by atoms with Crippen molar-refractivity contribution in [3.8, 4) is 5.75 Å². The van der Waals surface area contributed by atoms with Gasteiger partial charge in [-0.05, 0) is 25.0 Å². The molecule has 102 valence electrons. The number of para-hydroxylation sites is 1. The first-order chi connectivity index (χ1) is 9.02. The number of carbonyl (C=O) groups is 2. The van der Waals surface area contributed by atoms with E-state index in [1.54, 1.807) is 12.1 Å². The summed E-state index contributed by atoms with van der Waals surface area (Å²) in [6.45, 7) is 3.91. The summed E-state index contributed by atoms with van der Waals surface area (Å²) in [5, 5.41) is 15.2. The number of rotatable bonds is 3. The number of nitrogens with one attached hydrogen (secondary N) is 2. The van der Waals surface area contributed by atoms with Crippen molar-refractivity contribution in [3.05, 3.63) is 23.8 Å². The molecule has 0 fully saturated rings. The van der Waals surface area contributed by atoms with Crippen molar-refractivity contribution in [1.29, 1.82) is 0 Å². The van der Waals surface area contributed by atoms with Crippen LogP contribution in [0.5, 0.6) is 5.75 Å². The van der Waals surface area contributed by atoms with Crippen LogP contribution < -0.4 is 10.6 Å². The van der Waals surface area contributed by atoms with Gasteiger partial charge in [0.05, 0.1) is 11.6 Å². The second-order valence-electron chi connectivity index (χ2n) is 4.86. The molecule has 2 rings (SSSR count). The lowest BCUT2D eigenvalue weighted by Crippen LogP contribution is -2.39. The van der Waals surface area contributed by atoms with E-state index in [0.29, 0.717) is 11.3 Å². The van der Waals surface area contributed by atoms with E-state index in [1.807, 2.05) is 13.8 Å². The van der Waals surface area contributed by atoms with Crippen molar-refractivity contribution >= 4 is 17.5 Å². The number of fused-ring (bicyclic) bond motifs is 1. The predicted molar refractivity (Wildman–Crippen MR) is 72.0 cm³/mol. The largest absolute Gasteiger partial charge is 0.506 e. The normalized spacial score (nSPS) is 19.3. The van der Waals surface area contributed by atoms with Crippen LogP contribution >= 0.6 is 0 Å². The van der Waals surface area contributed by atoms with Gasteiger partial charge in [0.15, 0.2) is 0 Å². The molecule has 5 heteroatoms. The van der Waals surface area contributed by atoms with E-state index < -0.39 is 5.92 Å². The highest BCUT2D eigenvalue weighted by Gasteiger charge is 2.32. The zero-order valence-electron chi connectivity index (χ0n) is 11.1. The van der Waals surface area contributed by atoms with Gasteiger partial charge in [-0.15, -0.1) is 0 Å². The average molecular weight is 262 g/mol. The molecule has 0 saturated heterocycles. The Morgan fingerprint density at radius 2 is 2.32 bits per heavy atom. The summed E-state index contributed by atoms with van der Waals surface area (Å²) in [5.41, 5.74) is 1.02. The third-order valence-electron chi connectivity index (χ3n) is 3.42. The fourth-order valence-electron chi connectivity index (χ4n) is 2.15. The molecule has 1 aromatic rings. The Labute approximate surface area is 112 Å². The number of phenols is 1. The molecule has 1 aromatic carbocycles. The fourth-order valence-corrected chi connectivity index (χ4v) is 2.15. The highest BCUT2D eigenvalue weighted by Crippen LogP contribution is 2.37. The fraction of sp³-hybridized carbons (Fsp3) is 0.429. The molecule has 0 saturated carbocycles. The number of carbonyl (C=O) groups excluding carboxylic acids is 2. The van der Waals surface area contributed by atoms with Gasteiger partial charge in [-0.1, -0.05) is 19.1 Å². The number of hydrogen-bond donors (Lipinski definition) is 3. The molecular weight excluding hydrogens is 244 g/mol. The third kappa shape index (κ3) is 2.70. The van der Waals surface area contributed by atoms with Crippen LogP contribution in [-0.2, 0) is 9.59 Å². The molecule has 1 heterocycles. The Bertz CT molecular complexity index is 513. The smallest absolute Gasteiger partial charge is 0.228 e. The first-order valence-corrected chi connectivity index (χ1v) is 6.45. The van der Waals surface area contributed by atoms with E-state index in [1.165, 1.54) is 6.07 Å². The van der Waals surface area contributed by atoms with Crippen molar-refractivity contribution in [3.63, 3.8) is 0 Å². The first kappa shape index (κ1) is 13.4. The molecule has 5 nitrogen and oxygen atoms in total. The lowest BCUT2D eigenvalue weighted by atomic mass is 9.89. The van der Waals surface area contributed by atoms with E-state index >= 15 is 0 Å². The van der Waals surface area contributed by atoms with E-state index in [4.69, 9.17) is 0 Å². The van der Waals surface area contributed by atoms with Gasteiger partial charge >= 0.3 is 0 Å². The average Bonchev–Trinajstić information content (AvgIpc) is 2.38. The van der Waals surface area contributed by atoms with Gasteiger partial charge in [0.1, 0.15) is 5.75 Å². The van der Waals surface area contributed by atoms with Crippen molar-refractivity contribution in [1.82, 2.24) is 5.32 Å². The lowest BCUT2D eigenvalue weighted by molar-refractivity contribution is -0.126. The standard InChI is InChI=1S/C14H18N2O3/c1-3-8(2)15-14(19)10-7-12(18)16-13-9(10)5-4-6-11(13)17/h4-6,8,10,17H,3,7H2,1-2H3,(H,15,19)(H,16,18). The minimum atomic E-state index is -0.537. The van der Waals surface area contributed by atoms with Crippen molar-refractivity contribution in [2.24, 2.45) is 0 Å². The minimum absolute atomic E-state index is 0.00751. The van der Waals surface area contributed by atoms with Gasteiger partial charge in [-0.3, -0.25) is 9.59 Å². The summed E-state index contributed by atoms with van der Waals surface area (Å²) in [5.74, 6) is -0.967. The highest BCUT2D eigenvalue weighted by molar-refractivity contribution is 6.02. The van der Waals surface area contributed by atoms with Gasteiger partial charge in [0.25, 0.3) is 0 Å². The Morgan fingerprint density at radius 1 is 1.58 bits per heavy atom. The highest BCUT2D eigenvalue weighted by atomic mass is 16.3. The van der Waals surface area contributed by atoms with Crippen LogP contribution in [0.1, 0.15) is 38.2 Å². The topological polar surface area (TPSA) is 78.4 Å². The van der Waals surface area contributed by atoms with Gasteiger partial charge in [0, 0.05) is 12.5 Å². The summed E-state index contributed by atoms with van der Waals surface area (Å²) in [7, 11) is 0. The summed E-state index contributed by atoms with van der Waals surface area (Å²) in [4.78, 5) is 23.9.